The molecule has 0 aromatic rings. The summed E-state index contributed by atoms with van der Waals surface area (Å²) in [7, 11) is -4.33. The standard InChI is InChI=1S/C2H6O2.2BH3O3/c3-1-2-4;2*2-1(3)4/h3-4H,1-2H2;2*2-4H. The molecule has 0 saturated carbocycles. The Labute approximate surface area is 69.3 Å². The second kappa shape index (κ2) is 17.1. The molecule has 8 nitrogen and oxygen atoms in total. The van der Waals surface area contributed by atoms with Gasteiger partial charge in [0.15, 0.2) is 0 Å². The van der Waals surface area contributed by atoms with Crippen molar-refractivity contribution in [1.29, 1.82) is 0 Å². The van der Waals surface area contributed by atoms with Crippen LogP contribution < -0.4 is 0 Å². The lowest BCUT2D eigenvalue weighted by atomic mass is 10.3. The molecule has 0 rings (SSSR count). The monoisotopic (exact) mass is 186 g/mol. The van der Waals surface area contributed by atoms with Crippen molar-refractivity contribution in [3.63, 3.8) is 0 Å². The highest BCUT2D eigenvalue weighted by atomic mass is 16.5. The van der Waals surface area contributed by atoms with Crippen LogP contribution in [0.5, 0.6) is 0 Å². The summed E-state index contributed by atoms with van der Waals surface area (Å²) in [5.74, 6) is 0. The van der Waals surface area contributed by atoms with E-state index in [2.05, 4.69) is 0 Å². The van der Waals surface area contributed by atoms with Crippen LogP contribution in [0.4, 0.5) is 0 Å². The summed E-state index contributed by atoms with van der Waals surface area (Å²) in [6.45, 7) is -0.250. The summed E-state index contributed by atoms with van der Waals surface area (Å²) in [5, 5.41) is 58.2. The van der Waals surface area contributed by atoms with Crippen LogP contribution >= 0.6 is 0 Å². The highest BCUT2D eigenvalue weighted by molar-refractivity contribution is 6.30. The van der Waals surface area contributed by atoms with Gasteiger partial charge in [-0.05, 0) is 0 Å². The molecule has 0 aliphatic heterocycles. The Morgan fingerprint density at radius 3 is 0.667 bits per heavy atom. The molecule has 0 amide bonds. The van der Waals surface area contributed by atoms with E-state index >= 15 is 0 Å². The van der Waals surface area contributed by atoms with E-state index in [1.807, 2.05) is 0 Å². The van der Waals surface area contributed by atoms with E-state index in [1.165, 1.54) is 0 Å². The molecule has 12 heavy (non-hydrogen) atoms. The van der Waals surface area contributed by atoms with Gasteiger partial charge in [-0.2, -0.15) is 0 Å². The van der Waals surface area contributed by atoms with Crippen molar-refractivity contribution < 1.29 is 40.4 Å². The molecule has 0 aliphatic carbocycles. The molecular formula is C2H12B2O8. The van der Waals surface area contributed by atoms with Crippen LogP contribution in [0.2, 0.25) is 0 Å². The van der Waals surface area contributed by atoms with Crippen LogP contribution in [0.3, 0.4) is 0 Å². The van der Waals surface area contributed by atoms with Crippen molar-refractivity contribution in [2.45, 2.75) is 0 Å². The second-order valence-electron chi connectivity index (χ2n) is 1.14. The van der Waals surface area contributed by atoms with Crippen LogP contribution in [0.1, 0.15) is 0 Å². The first-order valence-corrected chi connectivity index (χ1v) is 2.68. The second-order valence-corrected chi connectivity index (χ2v) is 1.14. The molecule has 0 saturated heterocycles. The van der Waals surface area contributed by atoms with E-state index in [0.29, 0.717) is 0 Å². The van der Waals surface area contributed by atoms with Crippen molar-refractivity contribution >= 4 is 14.6 Å². The molecule has 0 bridgehead atoms. The van der Waals surface area contributed by atoms with Gasteiger partial charge in [0.1, 0.15) is 0 Å². The maximum absolute atomic E-state index is 7.62. The number of hydrogen-bond donors (Lipinski definition) is 8. The number of hydrogen-bond acceptors (Lipinski definition) is 8. The largest absolute Gasteiger partial charge is 0.631 e. The van der Waals surface area contributed by atoms with Gasteiger partial charge < -0.3 is 40.4 Å². The maximum atomic E-state index is 7.62. The topological polar surface area (TPSA) is 162 Å². The Morgan fingerprint density at radius 1 is 0.583 bits per heavy atom. The van der Waals surface area contributed by atoms with Gasteiger partial charge in [0.2, 0.25) is 0 Å². The normalized spacial score (nSPS) is 7.00. The van der Waals surface area contributed by atoms with Crippen molar-refractivity contribution in [3.05, 3.63) is 0 Å². The molecule has 0 heterocycles. The van der Waals surface area contributed by atoms with E-state index in [0.717, 1.165) is 0 Å². The Balaban J connectivity index is -0.000000101. The third-order valence-electron chi connectivity index (χ3n) is 0.1000. The van der Waals surface area contributed by atoms with Crippen molar-refractivity contribution in [3.8, 4) is 0 Å². The Kier molecular flexibility index (Phi) is 25.3. The van der Waals surface area contributed by atoms with Crippen molar-refractivity contribution in [1.82, 2.24) is 0 Å². The van der Waals surface area contributed by atoms with E-state index in [1.54, 1.807) is 0 Å². The van der Waals surface area contributed by atoms with Crippen LogP contribution in [-0.4, -0.2) is 68.2 Å². The fraction of sp³-hybridized carbons (Fsp3) is 1.00. The zero-order chi connectivity index (χ0) is 10.6. The predicted molar refractivity (Wildman–Crippen MR) is 39.0 cm³/mol. The summed E-state index contributed by atoms with van der Waals surface area (Å²) in [4.78, 5) is 0. The number of aliphatic hydroxyl groups excluding tert-OH is 2. The summed E-state index contributed by atoms with van der Waals surface area (Å²) >= 11 is 0. The smallest absolute Gasteiger partial charge is 0.402 e. The van der Waals surface area contributed by atoms with Gasteiger partial charge in [0, 0.05) is 0 Å². The van der Waals surface area contributed by atoms with E-state index in [9.17, 15) is 0 Å². The van der Waals surface area contributed by atoms with Gasteiger partial charge >= 0.3 is 14.6 Å². The average Bonchev–Trinajstić information content (AvgIpc) is 1.85. The molecule has 74 valence electrons. The number of rotatable bonds is 1. The lowest BCUT2D eigenvalue weighted by molar-refractivity contribution is 0.186. The fourth-order valence-corrected chi connectivity index (χ4v) is 0. The molecule has 0 unspecified atom stereocenters. The molecule has 10 heteroatoms. The minimum atomic E-state index is -2.17. The Morgan fingerprint density at radius 2 is 0.667 bits per heavy atom. The average molecular weight is 186 g/mol. The lowest BCUT2D eigenvalue weighted by Gasteiger charge is -1.70. The van der Waals surface area contributed by atoms with Gasteiger partial charge in [-0.3, -0.25) is 0 Å². The molecule has 0 fully saturated rings. The van der Waals surface area contributed by atoms with Gasteiger partial charge in [-0.15, -0.1) is 0 Å². The molecule has 0 spiro atoms. The quantitative estimate of drug-likeness (QED) is 0.188. The Hall–Kier alpha value is -0.190. The molecule has 0 atom stereocenters. The van der Waals surface area contributed by atoms with Crippen molar-refractivity contribution in [2.24, 2.45) is 0 Å². The first kappa shape index (κ1) is 17.8. The minimum absolute atomic E-state index is 0.125. The number of aliphatic hydroxyl groups is 2. The van der Waals surface area contributed by atoms with Gasteiger partial charge in [-0.1, -0.05) is 0 Å². The van der Waals surface area contributed by atoms with Crippen molar-refractivity contribution in [2.75, 3.05) is 13.2 Å². The molecular weight excluding hydrogens is 174 g/mol. The van der Waals surface area contributed by atoms with E-state index in [-0.39, 0.29) is 13.2 Å². The van der Waals surface area contributed by atoms with E-state index < -0.39 is 14.6 Å². The van der Waals surface area contributed by atoms with Crippen LogP contribution in [-0.2, 0) is 0 Å². The minimum Gasteiger partial charge on any atom is -0.402 e. The molecule has 0 aliphatic rings. The lowest BCUT2D eigenvalue weighted by Crippen LogP contribution is -2.07. The summed E-state index contributed by atoms with van der Waals surface area (Å²) in [6.07, 6.45) is 0. The molecule has 8 N–H and O–H groups in total. The third kappa shape index (κ3) is 1160. The molecule has 0 aromatic carbocycles. The molecule has 0 aromatic heterocycles. The highest BCUT2D eigenvalue weighted by Gasteiger charge is 1.93. The fourth-order valence-electron chi connectivity index (χ4n) is 0. The maximum Gasteiger partial charge on any atom is 0.631 e. The third-order valence-corrected chi connectivity index (χ3v) is 0.1000. The van der Waals surface area contributed by atoms with Gasteiger partial charge in [0.05, 0.1) is 13.2 Å². The van der Waals surface area contributed by atoms with Crippen LogP contribution in [0.15, 0.2) is 0 Å². The van der Waals surface area contributed by atoms with Crippen LogP contribution in [0, 0.1) is 0 Å². The van der Waals surface area contributed by atoms with E-state index in [4.69, 9.17) is 40.4 Å². The van der Waals surface area contributed by atoms with Gasteiger partial charge in [0.25, 0.3) is 0 Å². The highest BCUT2D eigenvalue weighted by Crippen LogP contribution is 1.40. The Bertz CT molecular complexity index is 45.5. The SMILES string of the molecule is OB(O)O.OB(O)O.OCCO. The predicted octanol–water partition coefficient (Wildman–Crippen LogP) is -5.13. The summed E-state index contributed by atoms with van der Waals surface area (Å²) in [6, 6.07) is 0. The first-order valence-electron chi connectivity index (χ1n) is 2.68. The van der Waals surface area contributed by atoms with Crippen LogP contribution in [0.25, 0.3) is 0 Å². The zero-order valence-electron chi connectivity index (χ0n) is 6.15. The zero-order valence-corrected chi connectivity index (χ0v) is 6.15. The summed E-state index contributed by atoms with van der Waals surface area (Å²) in [5.41, 5.74) is 0. The summed E-state index contributed by atoms with van der Waals surface area (Å²) < 4.78 is 0. The van der Waals surface area contributed by atoms with Gasteiger partial charge in [-0.25, -0.2) is 0 Å². The first-order chi connectivity index (χ1) is 5.38. The molecule has 0 radical (unpaired) electrons.